The Labute approximate surface area is 260 Å². The minimum atomic E-state index is -4.78. The number of nitrogens with one attached hydrogen (secondary N) is 1. The van der Waals surface area contributed by atoms with Crippen LogP contribution in [-0.2, 0) is 4.79 Å². The van der Waals surface area contributed by atoms with Gasteiger partial charge in [0.15, 0.2) is 16.1 Å². The molecule has 0 aliphatic carbocycles. The Morgan fingerprint density at radius 2 is 1.80 bits per heavy atom. The number of aliphatic imine (C=N–C) groups is 1. The van der Waals surface area contributed by atoms with Crippen LogP contribution in [0.15, 0.2) is 84.1 Å². The van der Waals surface area contributed by atoms with Crippen LogP contribution in [0.4, 0.5) is 23.2 Å². The molecule has 44 heavy (non-hydrogen) atoms. The highest BCUT2D eigenvalue weighted by atomic mass is 32.2. The van der Waals surface area contributed by atoms with Crippen molar-refractivity contribution in [3.05, 3.63) is 90.3 Å². The second-order valence-electron chi connectivity index (χ2n) is 9.96. The minimum absolute atomic E-state index is 0.0706. The van der Waals surface area contributed by atoms with Gasteiger partial charge in [0.2, 0.25) is 5.91 Å². The largest absolute Gasteiger partial charge is 0.573 e. The molecule has 3 aromatic carbocycles. The molecule has 1 unspecified atom stereocenters. The SMILES string of the molecule is CC(C)c1ccccc1N1C(=O)CS/C1=N\C(=S)NCC(F)c1ccc(-c2ncn(-c3ccc(OC(F)(F)F)cc3)n2)cc1. The first kappa shape index (κ1) is 31.1. The van der Waals surface area contributed by atoms with E-state index in [1.54, 1.807) is 29.2 Å². The van der Waals surface area contributed by atoms with Crippen LogP contribution in [0, 0.1) is 0 Å². The van der Waals surface area contributed by atoms with Crippen molar-refractivity contribution in [2.24, 2.45) is 4.99 Å². The molecule has 4 aromatic rings. The fourth-order valence-corrected chi connectivity index (χ4v) is 5.54. The van der Waals surface area contributed by atoms with E-state index in [-0.39, 0.29) is 35.0 Å². The number of carbonyl (C=O) groups excluding carboxylic acids is 1. The normalized spacial score (nSPS) is 15.2. The molecular formula is C30H26F4N6O2S2. The molecule has 1 fully saturated rings. The van der Waals surface area contributed by atoms with Gasteiger partial charge in [-0.2, -0.15) is 4.99 Å². The van der Waals surface area contributed by atoms with Gasteiger partial charge in [0.25, 0.3) is 0 Å². The van der Waals surface area contributed by atoms with E-state index in [9.17, 15) is 18.0 Å². The van der Waals surface area contributed by atoms with Crippen molar-refractivity contribution in [3.8, 4) is 22.8 Å². The number of benzene rings is 3. The van der Waals surface area contributed by atoms with Crippen LogP contribution < -0.4 is 15.0 Å². The summed E-state index contributed by atoms with van der Waals surface area (Å²) >= 11 is 6.63. The zero-order valence-corrected chi connectivity index (χ0v) is 25.1. The molecule has 1 aliphatic rings. The summed E-state index contributed by atoms with van der Waals surface area (Å²) in [6.07, 6.45) is -4.76. The molecule has 2 heterocycles. The minimum Gasteiger partial charge on any atom is -0.406 e. The highest BCUT2D eigenvalue weighted by Crippen LogP contribution is 2.33. The first-order chi connectivity index (χ1) is 21.0. The van der Waals surface area contributed by atoms with Crippen molar-refractivity contribution in [1.29, 1.82) is 0 Å². The molecule has 228 valence electrons. The monoisotopic (exact) mass is 642 g/mol. The van der Waals surface area contributed by atoms with E-state index in [2.05, 4.69) is 39.0 Å². The van der Waals surface area contributed by atoms with Gasteiger partial charge < -0.3 is 10.1 Å². The molecule has 14 heteroatoms. The zero-order chi connectivity index (χ0) is 31.4. The highest BCUT2D eigenvalue weighted by molar-refractivity contribution is 8.15. The van der Waals surface area contributed by atoms with E-state index in [4.69, 9.17) is 12.2 Å². The second kappa shape index (κ2) is 13.1. The summed E-state index contributed by atoms with van der Waals surface area (Å²) in [5.74, 6) is 0.347. The number of amides is 1. The summed E-state index contributed by atoms with van der Waals surface area (Å²) in [6.45, 7) is 3.97. The van der Waals surface area contributed by atoms with Crippen LogP contribution in [0.2, 0.25) is 0 Å². The molecule has 1 aromatic heterocycles. The van der Waals surface area contributed by atoms with Gasteiger partial charge in [-0.25, -0.2) is 14.1 Å². The maximum absolute atomic E-state index is 15.1. The summed E-state index contributed by atoms with van der Waals surface area (Å²) in [7, 11) is 0. The average Bonchev–Trinajstić information content (AvgIpc) is 3.62. The zero-order valence-electron chi connectivity index (χ0n) is 23.5. The predicted octanol–water partition coefficient (Wildman–Crippen LogP) is 6.98. The third-order valence-electron chi connectivity index (χ3n) is 6.55. The number of hydrogen-bond acceptors (Lipinski definition) is 6. The lowest BCUT2D eigenvalue weighted by Gasteiger charge is -2.21. The van der Waals surface area contributed by atoms with Crippen molar-refractivity contribution < 1.29 is 27.1 Å². The van der Waals surface area contributed by atoms with E-state index < -0.39 is 12.5 Å². The van der Waals surface area contributed by atoms with Crippen LogP contribution in [0.3, 0.4) is 0 Å². The Hall–Kier alpha value is -4.30. The predicted molar refractivity (Wildman–Crippen MR) is 166 cm³/mol. The third kappa shape index (κ3) is 7.42. The van der Waals surface area contributed by atoms with Gasteiger partial charge in [-0.1, -0.05) is 68.1 Å². The van der Waals surface area contributed by atoms with Crippen LogP contribution >= 0.6 is 24.0 Å². The van der Waals surface area contributed by atoms with E-state index in [1.165, 1.54) is 47.0 Å². The molecule has 0 radical (unpaired) electrons. The van der Waals surface area contributed by atoms with Crippen molar-refractivity contribution in [3.63, 3.8) is 0 Å². The number of halogens is 4. The van der Waals surface area contributed by atoms with E-state index in [1.807, 2.05) is 24.3 Å². The van der Waals surface area contributed by atoms with Crippen LogP contribution in [0.25, 0.3) is 17.1 Å². The van der Waals surface area contributed by atoms with Gasteiger partial charge >= 0.3 is 6.36 Å². The number of thiocarbonyl (C=S) groups is 1. The summed E-state index contributed by atoms with van der Waals surface area (Å²) in [5, 5.41) is 7.71. The van der Waals surface area contributed by atoms with E-state index in [0.717, 1.165) is 11.3 Å². The fraction of sp³-hybridized carbons (Fsp3) is 0.233. The fourth-order valence-electron chi connectivity index (χ4n) is 4.44. The smallest absolute Gasteiger partial charge is 0.406 e. The topological polar surface area (TPSA) is 84.6 Å². The van der Waals surface area contributed by atoms with Crippen LogP contribution in [0.1, 0.15) is 37.1 Å². The molecular weight excluding hydrogens is 616 g/mol. The Balaban J connectivity index is 1.20. The van der Waals surface area contributed by atoms with Crippen molar-refractivity contribution >= 4 is 45.9 Å². The Kier molecular flexibility index (Phi) is 9.30. The standard InChI is InChI=1S/C30H26F4N6O2S2/c1-18(2)23-5-3-4-6-25(23)40-26(41)16-44-29(40)37-28(43)35-15-24(31)19-7-9-20(10-8-19)27-36-17-39(38-27)21-11-13-22(14-12-21)42-30(32,33)34/h3-14,17-18,24H,15-16H2,1-2H3,(H,35,43)/b37-29-. The molecule has 8 nitrogen and oxygen atoms in total. The maximum Gasteiger partial charge on any atom is 0.573 e. The first-order valence-corrected chi connectivity index (χ1v) is 14.8. The van der Waals surface area contributed by atoms with Crippen molar-refractivity contribution in [2.45, 2.75) is 32.3 Å². The highest BCUT2D eigenvalue weighted by Gasteiger charge is 2.32. The van der Waals surface area contributed by atoms with Gasteiger partial charge in [0.1, 0.15) is 18.2 Å². The number of anilines is 1. The summed E-state index contributed by atoms with van der Waals surface area (Å²) in [6, 6.07) is 19.4. The van der Waals surface area contributed by atoms with Crippen molar-refractivity contribution in [2.75, 3.05) is 17.2 Å². The number of alkyl halides is 4. The lowest BCUT2D eigenvalue weighted by atomic mass is 10.0. The number of aromatic nitrogens is 3. The molecule has 5 rings (SSSR count). The quantitative estimate of drug-likeness (QED) is 0.164. The van der Waals surface area contributed by atoms with E-state index in [0.29, 0.717) is 27.8 Å². The van der Waals surface area contributed by atoms with Crippen LogP contribution in [0.5, 0.6) is 5.75 Å². The summed E-state index contributed by atoms with van der Waals surface area (Å²) in [5.41, 5.74) is 3.27. The Morgan fingerprint density at radius 3 is 2.48 bits per heavy atom. The molecule has 0 saturated carbocycles. The summed E-state index contributed by atoms with van der Waals surface area (Å²) in [4.78, 5) is 22.9. The van der Waals surface area contributed by atoms with Gasteiger partial charge in [-0.15, -0.1) is 18.3 Å². The third-order valence-corrected chi connectivity index (χ3v) is 7.71. The van der Waals surface area contributed by atoms with Crippen molar-refractivity contribution in [1.82, 2.24) is 20.1 Å². The van der Waals surface area contributed by atoms with Gasteiger partial charge in [0.05, 0.1) is 23.7 Å². The number of hydrogen-bond donors (Lipinski definition) is 1. The van der Waals surface area contributed by atoms with Gasteiger partial charge in [0, 0.05) is 5.56 Å². The number of nitrogens with zero attached hydrogens (tertiary/aromatic N) is 5. The molecule has 1 atom stereocenters. The lowest BCUT2D eigenvalue weighted by molar-refractivity contribution is -0.274. The molecule has 1 N–H and O–H groups in total. The summed E-state index contributed by atoms with van der Waals surface area (Å²) < 4.78 is 57.6. The Bertz CT molecular complexity index is 1670. The number of carbonyl (C=O) groups is 1. The number of thioether (sulfide) groups is 1. The number of rotatable bonds is 8. The molecule has 0 bridgehead atoms. The molecule has 1 aliphatic heterocycles. The maximum atomic E-state index is 15.1. The van der Waals surface area contributed by atoms with Gasteiger partial charge in [-0.05, 0) is 59.6 Å². The molecule has 0 spiro atoms. The lowest BCUT2D eigenvalue weighted by Crippen LogP contribution is -2.32. The second-order valence-corrected chi connectivity index (χ2v) is 11.3. The van der Waals surface area contributed by atoms with Crippen LogP contribution in [-0.4, -0.2) is 49.6 Å². The number of ether oxygens (including phenoxy) is 1. The van der Waals surface area contributed by atoms with Gasteiger partial charge in [-0.3, -0.25) is 9.69 Å². The Morgan fingerprint density at radius 1 is 1.09 bits per heavy atom. The van der Waals surface area contributed by atoms with E-state index >= 15 is 4.39 Å². The first-order valence-electron chi connectivity index (χ1n) is 13.4. The number of amidine groups is 1. The number of para-hydroxylation sites is 1. The average molecular weight is 643 g/mol. The molecule has 1 saturated heterocycles. The molecule has 1 amide bonds.